The van der Waals surface area contributed by atoms with Crippen molar-refractivity contribution < 1.29 is 4.79 Å². The van der Waals surface area contributed by atoms with Crippen LogP contribution in [0.1, 0.15) is 12.1 Å². The van der Waals surface area contributed by atoms with Crippen LogP contribution in [0.5, 0.6) is 0 Å². The zero-order valence-corrected chi connectivity index (χ0v) is 12.8. The quantitative estimate of drug-likeness (QED) is 0.941. The number of amides is 1. The van der Waals surface area contributed by atoms with Gasteiger partial charge in [-0.25, -0.2) is 0 Å². The number of rotatable bonds is 4. The van der Waals surface area contributed by atoms with Crippen LogP contribution in [0.3, 0.4) is 0 Å². The molecule has 1 N–H and O–H groups in total. The molecule has 1 aromatic carbocycles. The first-order valence-electron chi connectivity index (χ1n) is 6.21. The average Bonchev–Trinajstić information content (AvgIpc) is 2.80. The number of aryl methyl sites for hydroxylation is 2. The molecule has 2 aromatic rings. The molecule has 106 valence electrons. The van der Waals surface area contributed by atoms with E-state index in [4.69, 9.17) is 23.2 Å². The van der Waals surface area contributed by atoms with Crippen LogP contribution >= 0.6 is 23.2 Å². The molecule has 1 amide bonds. The van der Waals surface area contributed by atoms with E-state index in [-0.39, 0.29) is 5.91 Å². The molecule has 0 fully saturated rings. The summed E-state index contributed by atoms with van der Waals surface area (Å²) < 4.78 is 1.77. The summed E-state index contributed by atoms with van der Waals surface area (Å²) in [6, 6.07) is 5.48. The second-order valence-electron chi connectivity index (χ2n) is 4.44. The predicted molar refractivity (Wildman–Crippen MR) is 81.1 cm³/mol. The maximum Gasteiger partial charge on any atom is 0.221 e. The summed E-state index contributed by atoms with van der Waals surface area (Å²) in [6.45, 7) is 2.47. The molecular formula is C14H15Cl2N3O. The SMILES string of the molecule is CNC(=O)CCn1cc(-c2ccc(Cl)c(Cl)c2)c(C)n1. The minimum atomic E-state index is -0.00533. The van der Waals surface area contributed by atoms with Crippen LogP contribution in [0.4, 0.5) is 0 Å². The normalized spacial score (nSPS) is 10.6. The summed E-state index contributed by atoms with van der Waals surface area (Å²) in [4.78, 5) is 11.2. The highest BCUT2D eigenvalue weighted by molar-refractivity contribution is 6.42. The second-order valence-corrected chi connectivity index (χ2v) is 5.26. The molecule has 1 aromatic heterocycles. The standard InChI is InChI=1S/C14H15Cl2N3O/c1-9-11(10-3-4-12(15)13(16)7-10)8-19(18-9)6-5-14(20)17-2/h3-4,7-8H,5-6H2,1-2H3,(H,17,20). The molecule has 0 radical (unpaired) electrons. The van der Waals surface area contributed by atoms with E-state index in [1.54, 1.807) is 17.8 Å². The summed E-state index contributed by atoms with van der Waals surface area (Å²) in [7, 11) is 1.62. The molecule has 6 heteroatoms. The lowest BCUT2D eigenvalue weighted by atomic mass is 10.1. The monoisotopic (exact) mass is 311 g/mol. The molecule has 0 bridgehead atoms. The lowest BCUT2D eigenvalue weighted by molar-refractivity contribution is -0.120. The average molecular weight is 312 g/mol. The number of hydrogen-bond donors (Lipinski definition) is 1. The van der Waals surface area contributed by atoms with Crippen molar-refractivity contribution in [1.29, 1.82) is 0 Å². The van der Waals surface area contributed by atoms with Gasteiger partial charge in [-0.2, -0.15) is 5.10 Å². The van der Waals surface area contributed by atoms with Gasteiger partial charge >= 0.3 is 0 Å². The third kappa shape index (κ3) is 3.32. The number of aromatic nitrogens is 2. The Bertz CT molecular complexity index is 637. The highest BCUT2D eigenvalue weighted by Crippen LogP contribution is 2.29. The lowest BCUT2D eigenvalue weighted by Gasteiger charge is -2.01. The van der Waals surface area contributed by atoms with E-state index in [0.29, 0.717) is 23.0 Å². The molecule has 2 rings (SSSR count). The zero-order chi connectivity index (χ0) is 14.7. The first kappa shape index (κ1) is 14.9. The van der Waals surface area contributed by atoms with Gasteiger partial charge in [0.05, 0.1) is 15.7 Å². The van der Waals surface area contributed by atoms with Crippen molar-refractivity contribution in [3.63, 3.8) is 0 Å². The van der Waals surface area contributed by atoms with Gasteiger partial charge in [0.1, 0.15) is 0 Å². The Kier molecular flexibility index (Phi) is 4.68. The number of carbonyl (C=O) groups is 1. The second kappa shape index (κ2) is 6.29. The van der Waals surface area contributed by atoms with Crippen molar-refractivity contribution in [1.82, 2.24) is 15.1 Å². The van der Waals surface area contributed by atoms with E-state index in [0.717, 1.165) is 16.8 Å². The third-order valence-corrected chi connectivity index (χ3v) is 3.76. The number of halogens is 2. The van der Waals surface area contributed by atoms with Gasteiger partial charge in [0, 0.05) is 31.8 Å². The van der Waals surface area contributed by atoms with Gasteiger partial charge in [0.15, 0.2) is 0 Å². The van der Waals surface area contributed by atoms with E-state index >= 15 is 0 Å². The Morgan fingerprint density at radius 3 is 2.75 bits per heavy atom. The lowest BCUT2D eigenvalue weighted by Crippen LogP contribution is -2.19. The number of hydrogen-bond acceptors (Lipinski definition) is 2. The van der Waals surface area contributed by atoms with E-state index in [1.165, 1.54) is 0 Å². The number of carbonyl (C=O) groups excluding carboxylic acids is 1. The molecule has 0 unspecified atom stereocenters. The number of benzene rings is 1. The van der Waals surface area contributed by atoms with Gasteiger partial charge in [-0.3, -0.25) is 9.48 Å². The van der Waals surface area contributed by atoms with Gasteiger partial charge in [-0.1, -0.05) is 29.3 Å². The van der Waals surface area contributed by atoms with Crippen molar-refractivity contribution in [3.8, 4) is 11.1 Å². The topological polar surface area (TPSA) is 46.9 Å². The fraction of sp³-hybridized carbons (Fsp3) is 0.286. The Labute approximate surface area is 127 Å². The molecule has 20 heavy (non-hydrogen) atoms. The van der Waals surface area contributed by atoms with Crippen LogP contribution < -0.4 is 5.32 Å². The van der Waals surface area contributed by atoms with Crippen molar-refractivity contribution >= 4 is 29.1 Å². The summed E-state index contributed by atoms with van der Waals surface area (Å²) in [5, 5.41) is 8.04. The van der Waals surface area contributed by atoms with E-state index in [2.05, 4.69) is 10.4 Å². The Balaban J connectivity index is 2.22. The van der Waals surface area contributed by atoms with Gasteiger partial charge in [0.25, 0.3) is 0 Å². The molecule has 0 aliphatic carbocycles. The minimum Gasteiger partial charge on any atom is -0.359 e. The zero-order valence-electron chi connectivity index (χ0n) is 11.3. The highest BCUT2D eigenvalue weighted by Gasteiger charge is 2.10. The number of nitrogens with zero attached hydrogens (tertiary/aromatic N) is 2. The molecule has 0 saturated heterocycles. The van der Waals surface area contributed by atoms with E-state index in [1.807, 2.05) is 25.3 Å². The Morgan fingerprint density at radius 1 is 1.35 bits per heavy atom. The van der Waals surface area contributed by atoms with E-state index in [9.17, 15) is 4.79 Å². The largest absolute Gasteiger partial charge is 0.359 e. The smallest absolute Gasteiger partial charge is 0.221 e. The van der Waals surface area contributed by atoms with Crippen LogP contribution in [0, 0.1) is 6.92 Å². The highest BCUT2D eigenvalue weighted by atomic mass is 35.5. The van der Waals surface area contributed by atoms with Gasteiger partial charge in [-0.15, -0.1) is 0 Å². The predicted octanol–water partition coefficient (Wildman–Crippen LogP) is 3.30. The van der Waals surface area contributed by atoms with Gasteiger partial charge < -0.3 is 5.32 Å². The summed E-state index contributed by atoms with van der Waals surface area (Å²) >= 11 is 11.9. The van der Waals surface area contributed by atoms with Crippen LogP contribution in [0.2, 0.25) is 10.0 Å². The Hall–Kier alpha value is -1.52. The molecule has 4 nitrogen and oxygen atoms in total. The third-order valence-electron chi connectivity index (χ3n) is 3.02. The fourth-order valence-corrected chi connectivity index (χ4v) is 2.22. The summed E-state index contributed by atoms with van der Waals surface area (Å²) in [5.74, 6) is -0.00533. The maximum absolute atomic E-state index is 11.2. The minimum absolute atomic E-state index is 0.00533. The van der Waals surface area contributed by atoms with Crippen molar-refractivity contribution in [2.45, 2.75) is 19.9 Å². The van der Waals surface area contributed by atoms with Crippen molar-refractivity contribution in [2.75, 3.05) is 7.05 Å². The summed E-state index contributed by atoms with van der Waals surface area (Å²) in [6.07, 6.45) is 2.32. The van der Waals surface area contributed by atoms with Crippen LogP contribution in [0.25, 0.3) is 11.1 Å². The van der Waals surface area contributed by atoms with Gasteiger partial charge in [0.2, 0.25) is 5.91 Å². The van der Waals surface area contributed by atoms with Crippen molar-refractivity contribution in [3.05, 3.63) is 40.1 Å². The molecular weight excluding hydrogens is 297 g/mol. The molecule has 0 saturated carbocycles. The summed E-state index contributed by atoms with van der Waals surface area (Å²) in [5.41, 5.74) is 2.84. The number of nitrogens with one attached hydrogen (secondary N) is 1. The van der Waals surface area contributed by atoms with Gasteiger partial charge in [-0.05, 0) is 24.6 Å². The maximum atomic E-state index is 11.2. The van der Waals surface area contributed by atoms with Crippen LogP contribution in [-0.2, 0) is 11.3 Å². The molecule has 1 heterocycles. The first-order chi connectivity index (χ1) is 9.51. The fourth-order valence-electron chi connectivity index (χ4n) is 1.92. The molecule has 0 atom stereocenters. The van der Waals surface area contributed by atoms with E-state index < -0.39 is 0 Å². The molecule has 0 aliphatic heterocycles. The first-order valence-corrected chi connectivity index (χ1v) is 6.97. The molecule has 0 aliphatic rings. The van der Waals surface area contributed by atoms with Crippen molar-refractivity contribution in [2.24, 2.45) is 0 Å². The van der Waals surface area contributed by atoms with Crippen LogP contribution in [-0.4, -0.2) is 22.7 Å². The van der Waals surface area contributed by atoms with Crippen LogP contribution in [0.15, 0.2) is 24.4 Å². The molecule has 0 spiro atoms. The Morgan fingerprint density at radius 2 is 2.10 bits per heavy atom.